The lowest BCUT2D eigenvalue weighted by Gasteiger charge is -2.21. The van der Waals surface area contributed by atoms with E-state index in [0.717, 1.165) is 43.3 Å². The third-order valence-electron chi connectivity index (χ3n) is 5.43. The molecule has 3 nitrogen and oxygen atoms in total. The van der Waals surface area contributed by atoms with Gasteiger partial charge >= 0.3 is 0 Å². The van der Waals surface area contributed by atoms with E-state index in [-0.39, 0.29) is 0 Å². The highest BCUT2D eigenvalue weighted by molar-refractivity contribution is 6.35. The smallest absolute Gasteiger partial charge is 0.137 e. The summed E-state index contributed by atoms with van der Waals surface area (Å²) in [5.41, 5.74) is 1.12. The van der Waals surface area contributed by atoms with Gasteiger partial charge in [0.05, 0.1) is 18.2 Å². The van der Waals surface area contributed by atoms with Gasteiger partial charge in [-0.1, -0.05) is 55.3 Å². The molecule has 1 aliphatic carbocycles. The second kappa shape index (κ2) is 12.2. The predicted molar refractivity (Wildman–Crippen MR) is 123 cm³/mol. The van der Waals surface area contributed by atoms with E-state index in [9.17, 15) is 0 Å². The first-order valence-corrected chi connectivity index (χ1v) is 11.5. The van der Waals surface area contributed by atoms with E-state index in [0.29, 0.717) is 22.4 Å². The van der Waals surface area contributed by atoms with Gasteiger partial charge in [-0.2, -0.15) is 0 Å². The Morgan fingerprint density at radius 1 is 0.862 bits per heavy atom. The minimum atomic E-state index is 0.552. The molecule has 0 spiro atoms. The van der Waals surface area contributed by atoms with Crippen molar-refractivity contribution >= 4 is 28.9 Å². The van der Waals surface area contributed by atoms with Crippen molar-refractivity contribution in [2.24, 2.45) is 5.92 Å². The fourth-order valence-electron chi connectivity index (χ4n) is 3.72. The highest BCUT2D eigenvalue weighted by Crippen LogP contribution is 2.28. The van der Waals surface area contributed by atoms with Crippen LogP contribution in [0, 0.1) is 5.92 Å². The van der Waals surface area contributed by atoms with E-state index in [1.54, 1.807) is 12.1 Å². The van der Waals surface area contributed by atoms with E-state index < -0.39 is 0 Å². The first kappa shape index (κ1) is 22.1. The van der Waals surface area contributed by atoms with E-state index in [2.05, 4.69) is 29.6 Å². The Balaban J connectivity index is 1.26. The van der Waals surface area contributed by atoms with Crippen LogP contribution in [0.4, 0.5) is 5.69 Å². The molecule has 29 heavy (non-hydrogen) atoms. The number of ether oxygens (including phenoxy) is 2. The summed E-state index contributed by atoms with van der Waals surface area (Å²) in [4.78, 5) is 0. The molecule has 0 aliphatic heterocycles. The summed E-state index contributed by atoms with van der Waals surface area (Å²) in [7, 11) is 0. The molecule has 3 rings (SSSR count). The van der Waals surface area contributed by atoms with Crippen LogP contribution in [0.1, 0.15) is 51.4 Å². The van der Waals surface area contributed by atoms with E-state index in [1.165, 1.54) is 38.5 Å². The molecule has 1 aliphatic rings. The minimum Gasteiger partial charge on any atom is -0.494 e. The summed E-state index contributed by atoms with van der Waals surface area (Å²) in [5, 5.41) is 4.61. The average Bonchev–Trinajstić information content (AvgIpc) is 2.74. The SMILES string of the molecule is Clc1ccc(OCCCCNc2ccc(OCCC3CCCCC3)cc2)c(Cl)c1. The fraction of sp³-hybridized carbons (Fsp3) is 0.500. The van der Waals surface area contributed by atoms with Crippen LogP contribution >= 0.6 is 23.2 Å². The molecule has 1 N–H and O–H groups in total. The van der Waals surface area contributed by atoms with Gasteiger partial charge < -0.3 is 14.8 Å². The average molecular weight is 436 g/mol. The molecule has 1 saturated carbocycles. The zero-order chi connectivity index (χ0) is 20.3. The molecule has 0 bridgehead atoms. The van der Waals surface area contributed by atoms with Crippen molar-refractivity contribution in [1.82, 2.24) is 0 Å². The molecule has 158 valence electrons. The molecule has 0 unspecified atom stereocenters. The number of hydrogen-bond donors (Lipinski definition) is 1. The van der Waals surface area contributed by atoms with Gasteiger partial charge in [0.2, 0.25) is 0 Å². The number of anilines is 1. The van der Waals surface area contributed by atoms with Crippen LogP contribution in [0.5, 0.6) is 11.5 Å². The highest BCUT2D eigenvalue weighted by Gasteiger charge is 2.13. The maximum absolute atomic E-state index is 6.10. The summed E-state index contributed by atoms with van der Waals surface area (Å²) < 4.78 is 11.6. The highest BCUT2D eigenvalue weighted by atomic mass is 35.5. The Morgan fingerprint density at radius 3 is 2.41 bits per heavy atom. The van der Waals surface area contributed by atoms with E-state index in [1.807, 2.05) is 6.07 Å². The quantitative estimate of drug-likeness (QED) is 0.368. The molecule has 0 amide bonds. The molecule has 0 heterocycles. The second-order valence-corrected chi connectivity index (χ2v) is 8.57. The Labute approximate surface area is 184 Å². The summed E-state index contributed by atoms with van der Waals surface area (Å²) in [6.45, 7) is 2.37. The van der Waals surface area contributed by atoms with Crippen molar-refractivity contribution in [2.75, 3.05) is 25.1 Å². The van der Waals surface area contributed by atoms with Crippen molar-refractivity contribution in [2.45, 2.75) is 51.4 Å². The number of nitrogens with one attached hydrogen (secondary N) is 1. The topological polar surface area (TPSA) is 30.5 Å². The zero-order valence-corrected chi connectivity index (χ0v) is 18.5. The fourth-order valence-corrected chi connectivity index (χ4v) is 4.19. The Kier molecular flexibility index (Phi) is 9.30. The Bertz CT molecular complexity index is 730. The lowest BCUT2D eigenvalue weighted by molar-refractivity contribution is 0.246. The summed E-state index contributed by atoms with van der Waals surface area (Å²) in [5.74, 6) is 2.51. The molecule has 1 fully saturated rings. The molecule has 2 aromatic carbocycles. The zero-order valence-electron chi connectivity index (χ0n) is 17.0. The first-order valence-electron chi connectivity index (χ1n) is 10.8. The number of halogens is 2. The van der Waals surface area contributed by atoms with Crippen LogP contribution in [-0.2, 0) is 0 Å². The standard InChI is InChI=1S/C24H31Cl2NO2/c25-20-8-13-24(23(26)18-20)29-16-5-4-15-27-21-9-11-22(12-10-21)28-17-14-19-6-2-1-3-7-19/h8-13,18-19,27H,1-7,14-17H2. The van der Waals surface area contributed by atoms with Crippen molar-refractivity contribution in [3.63, 3.8) is 0 Å². The molecular weight excluding hydrogens is 405 g/mol. The number of unbranched alkanes of at least 4 members (excludes halogenated alkanes) is 1. The molecule has 2 aromatic rings. The molecule has 0 saturated heterocycles. The maximum Gasteiger partial charge on any atom is 0.137 e. The molecule has 5 heteroatoms. The van der Waals surface area contributed by atoms with Crippen molar-refractivity contribution in [3.05, 3.63) is 52.5 Å². The lowest BCUT2D eigenvalue weighted by Crippen LogP contribution is -2.10. The van der Waals surface area contributed by atoms with Gasteiger partial charge in [0.25, 0.3) is 0 Å². The molecule has 0 aromatic heterocycles. The van der Waals surface area contributed by atoms with Crippen LogP contribution in [0.3, 0.4) is 0 Å². The summed E-state index contributed by atoms with van der Waals surface area (Å²) in [6, 6.07) is 13.6. The maximum atomic E-state index is 6.10. The monoisotopic (exact) mass is 435 g/mol. The number of rotatable bonds is 11. The van der Waals surface area contributed by atoms with Gasteiger partial charge in [-0.05, 0) is 67.6 Å². The van der Waals surface area contributed by atoms with E-state index in [4.69, 9.17) is 32.7 Å². The van der Waals surface area contributed by atoms with Gasteiger partial charge in [-0.25, -0.2) is 0 Å². The van der Waals surface area contributed by atoms with Crippen molar-refractivity contribution in [3.8, 4) is 11.5 Å². The van der Waals surface area contributed by atoms with Crippen LogP contribution in [0.25, 0.3) is 0 Å². The first-order chi connectivity index (χ1) is 14.2. The third kappa shape index (κ3) is 7.98. The van der Waals surface area contributed by atoms with Gasteiger partial charge in [-0.15, -0.1) is 0 Å². The van der Waals surface area contributed by atoms with Crippen LogP contribution < -0.4 is 14.8 Å². The second-order valence-electron chi connectivity index (χ2n) is 7.72. The Morgan fingerprint density at radius 2 is 1.66 bits per heavy atom. The molecule has 0 atom stereocenters. The van der Waals surface area contributed by atoms with Crippen LogP contribution in [0.15, 0.2) is 42.5 Å². The summed E-state index contributed by atoms with van der Waals surface area (Å²) in [6.07, 6.45) is 10.1. The molecular formula is C24H31Cl2NO2. The van der Waals surface area contributed by atoms with Gasteiger partial charge in [-0.3, -0.25) is 0 Å². The number of benzene rings is 2. The lowest BCUT2D eigenvalue weighted by atomic mass is 9.87. The van der Waals surface area contributed by atoms with Crippen molar-refractivity contribution in [1.29, 1.82) is 0 Å². The normalized spacial score (nSPS) is 14.6. The number of hydrogen-bond acceptors (Lipinski definition) is 3. The third-order valence-corrected chi connectivity index (χ3v) is 5.96. The van der Waals surface area contributed by atoms with E-state index >= 15 is 0 Å². The predicted octanol–water partition coefficient (Wildman–Crippen LogP) is 7.61. The van der Waals surface area contributed by atoms with Crippen LogP contribution in [0.2, 0.25) is 10.0 Å². The summed E-state index contributed by atoms with van der Waals surface area (Å²) >= 11 is 12.0. The largest absolute Gasteiger partial charge is 0.494 e. The van der Waals surface area contributed by atoms with Gasteiger partial charge in [0.15, 0.2) is 0 Å². The Hall–Kier alpha value is -1.58. The van der Waals surface area contributed by atoms with Crippen LogP contribution in [-0.4, -0.2) is 19.8 Å². The van der Waals surface area contributed by atoms with Gasteiger partial charge in [0, 0.05) is 17.3 Å². The van der Waals surface area contributed by atoms with Gasteiger partial charge in [0.1, 0.15) is 11.5 Å². The van der Waals surface area contributed by atoms with Crippen molar-refractivity contribution < 1.29 is 9.47 Å². The minimum absolute atomic E-state index is 0.552. The molecule has 0 radical (unpaired) electrons.